The SMILES string of the molecule is CSC(=NC#N)N1CCOCC(C)C1. The maximum Gasteiger partial charge on any atom is 0.208 e. The van der Waals surface area contributed by atoms with Gasteiger partial charge in [-0.15, -0.1) is 4.99 Å². The summed E-state index contributed by atoms with van der Waals surface area (Å²) in [7, 11) is 0. The summed E-state index contributed by atoms with van der Waals surface area (Å²) in [5, 5.41) is 9.32. The summed E-state index contributed by atoms with van der Waals surface area (Å²) in [6, 6.07) is 0. The summed E-state index contributed by atoms with van der Waals surface area (Å²) < 4.78 is 5.42. The second-order valence-corrected chi connectivity index (χ2v) is 4.10. The van der Waals surface area contributed by atoms with Gasteiger partial charge in [0.05, 0.1) is 13.2 Å². The molecule has 1 saturated heterocycles. The monoisotopic (exact) mass is 213 g/mol. The van der Waals surface area contributed by atoms with Crippen molar-refractivity contribution in [3.63, 3.8) is 0 Å². The molecule has 78 valence electrons. The molecule has 1 heterocycles. The molecule has 0 aromatic carbocycles. The molecule has 1 atom stereocenters. The van der Waals surface area contributed by atoms with Crippen molar-refractivity contribution in [3.05, 3.63) is 0 Å². The lowest BCUT2D eigenvalue weighted by atomic mass is 10.2. The van der Waals surface area contributed by atoms with Crippen molar-refractivity contribution >= 4 is 16.9 Å². The van der Waals surface area contributed by atoms with Gasteiger partial charge in [0.1, 0.15) is 0 Å². The molecule has 0 radical (unpaired) electrons. The van der Waals surface area contributed by atoms with E-state index >= 15 is 0 Å². The highest BCUT2D eigenvalue weighted by atomic mass is 32.2. The Bertz CT molecular complexity index is 249. The van der Waals surface area contributed by atoms with E-state index in [1.54, 1.807) is 0 Å². The van der Waals surface area contributed by atoms with E-state index in [4.69, 9.17) is 10.00 Å². The van der Waals surface area contributed by atoms with Gasteiger partial charge < -0.3 is 9.64 Å². The number of thioether (sulfide) groups is 1. The molecule has 1 aliphatic rings. The molecule has 0 aliphatic carbocycles. The van der Waals surface area contributed by atoms with Crippen LogP contribution < -0.4 is 0 Å². The summed E-state index contributed by atoms with van der Waals surface area (Å²) in [5.74, 6) is 0.494. The molecule has 0 aromatic rings. The van der Waals surface area contributed by atoms with Gasteiger partial charge in [0.15, 0.2) is 5.17 Å². The average Bonchev–Trinajstić information content (AvgIpc) is 2.39. The lowest BCUT2D eigenvalue weighted by Gasteiger charge is -2.23. The fraction of sp³-hybridized carbons (Fsp3) is 0.778. The van der Waals surface area contributed by atoms with Crippen LogP contribution in [-0.4, -0.2) is 42.6 Å². The molecule has 0 saturated carbocycles. The minimum Gasteiger partial charge on any atom is -0.379 e. The molecule has 0 spiro atoms. The maximum absolute atomic E-state index is 8.53. The third-order valence-corrected chi connectivity index (χ3v) is 2.75. The molecule has 5 heteroatoms. The first-order valence-corrected chi connectivity index (χ1v) is 5.84. The van der Waals surface area contributed by atoms with Gasteiger partial charge in [0.2, 0.25) is 6.19 Å². The van der Waals surface area contributed by atoms with E-state index in [0.717, 1.165) is 31.5 Å². The first-order chi connectivity index (χ1) is 6.77. The third kappa shape index (κ3) is 3.20. The highest BCUT2D eigenvalue weighted by Gasteiger charge is 2.17. The largest absolute Gasteiger partial charge is 0.379 e. The van der Waals surface area contributed by atoms with Gasteiger partial charge in [0, 0.05) is 13.1 Å². The Morgan fingerprint density at radius 3 is 3.14 bits per heavy atom. The summed E-state index contributed by atoms with van der Waals surface area (Å²) in [5.41, 5.74) is 0. The Morgan fingerprint density at radius 2 is 2.50 bits per heavy atom. The van der Waals surface area contributed by atoms with Gasteiger partial charge in [-0.3, -0.25) is 0 Å². The quantitative estimate of drug-likeness (QED) is 0.344. The van der Waals surface area contributed by atoms with Crippen molar-refractivity contribution in [1.82, 2.24) is 4.90 Å². The summed E-state index contributed by atoms with van der Waals surface area (Å²) in [6.07, 6.45) is 3.77. The Morgan fingerprint density at radius 1 is 1.71 bits per heavy atom. The van der Waals surface area contributed by atoms with Crippen LogP contribution in [0.1, 0.15) is 6.92 Å². The minimum atomic E-state index is 0.494. The number of nitrogens with zero attached hydrogens (tertiary/aromatic N) is 3. The smallest absolute Gasteiger partial charge is 0.208 e. The fourth-order valence-electron chi connectivity index (χ4n) is 1.44. The second-order valence-electron chi connectivity index (χ2n) is 3.32. The molecule has 14 heavy (non-hydrogen) atoms. The molecule has 0 aromatic heterocycles. The van der Waals surface area contributed by atoms with Gasteiger partial charge >= 0.3 is 0 Å². The van der Waals surface area contributed by atoms with Gasteiger partial charge in [-0.05, 0) is 12.2 Å². The number of ether oxygens (including phenoxy) is 1. The van der Waals surface area contributed by atoms with Crippen molar-refractivity contribution in [2.75, 3.05) is 32.6 Å². The summed E-state index contributed by atoms with van der Waals surface area (Å²) in [4.78, 5) is 5.91. The molecular weight excluding hydrogens is 198 g/mol. The number of nitriles is 1. The van der Waals surface area contributed by atoms with Crippen LogP contribution in [0.25, 0.3) is 0 Å². The molecule has 1 fully saturated rings. The predicted molar refractivity (Wildman–Crippen MR) is 58.1 cm³/mol. The lowest BCUT2D eigenvalue weighted by molar-refractivity contribution is 0.127. The molecule has 0 bridgehead atoms. The molecule has 1 aliphatic heterocycles. The molecule has 4 nitrogen and oxygen atoms in total. The number of hydrogen-bond donors (Lipinski definition) is 0. The van der Waals surface area contributed by atoms with E-state index in [1.165, 1.54) is 11.8 Å². The minimum absolute atomic E-state index is 0.494. The van der Waals surface area contributed by atoms with E-state index in [2.05, 4.69) is 16.8 Å². The Labute approximate surface area is 88.9 Å². The maximum atomic E-state index is 8.53. The number of amidine groups is 1. The number of rotatable bonds is 0. The van der Waals surface area contributed by atoms with Crippen LogP contribution in [0, 0.1) is 17.4 Å². The zero-order valence-electron chi connectivity index (χ0n) is 8.56. The number of aliphatic imine (C=N–C) groups is 1. The van der Waals surface area contributed by atoms with E-state index in [0.29, 0.717) is 5.92 Å². The topological polar surface area (TPSA) is 48.6 Å². The van der Waals surface area contributed by atoms with Gasteiger partial charge in [-0.2, -0.15) is 5.26 Å². The zero-order valence-corrected chi connectivity index (χ0v) is 9.38. The fourth-order valence-corrected chi connectivity index (χ4v) is 2.00. The molecule has 1 rings (SSSR count). The van der Waals surface area contributed by atoms with Crippen molar-refractivity contribution in [2.24, 2.45) is 10.9 Å². The van der Waals surface area contributed by atoms with E-state index < -0.39 is 0 Å². The highest BCUT2D eigenvalue weighted by Crippen LogP contribution is 2.11. The van der Waals surface area contributed by atoms with Crippen LogP contribution >= 0.6 is 11.8 Å². The molecule has 1 unspecified atom stereocenters. The lowest BCUT2D eigenvalue weighted by Crippen LogP contribution is -2.33. The van der Waals surface area contributed by atoms with E-state index in [9.17, 15) is 0 Å². The standard InChI is InChI=1S/C9H15N3OS/c1-8-5-12(3-4-13-6-8)9(14-2)11-7-10/h8H,3-6H2,1-2H3. The Kier molecular flexibility index (Phi) is 4.77. The normalized spacial score (nSPS) is 24.2. The van der Waals surface area contributed by atoms with Crippen molar-refractivity contribution < 1.29 is 4.74 Å². The van der Waals surface area contributed by atoms with E-state index in [-0.39, 0.29) is 0 Å². The first-order valence-electron chi connectivity index (χ1n) is 4.61. The predicted octanol–water partition coefficient (Wildman–Crippen LogP) is 1.15. The molecular formula is C9H15N3OS. The van der Waals surface area contributed by atoms with Crippen LogP contribution in [0.3, 0.4) is 0 Å². The molecule has 0 amide bonds. The summed E-state index contributed by atoms with van der Waals surface area (Å²) >= 11 is 1.51. The Balaban J connectivity index is 2.64. The van der Waals surface area contributed by atoms with Crippen LogP contribution in [0.5, 0.6) is 0 Å². The second kappa shape index (κ2) is 5.89. The van der Waals surface area contributed by atoms with Crippen LogP contribution in [0.15, 0.2) is 4.99 Å². The van der Waals surface area contributed by atoms with Crippen LogP contribution in [-0.2, 0) is 4.74 Å². The molecule has 0 N–H and O–H groups in total. The zero-order chi connectivity index (χ0) is 10.4. The van der Waals surface area contributed by atoms with Crippen molar-refractivity contribution in [1.29, 1.82) is 5.26 Å². The first kappa shape index (κ1) is 11.3. The van der Waals surface area contributed by atoms with Crippen LogP contribution in [0.2, 0.25) is 0 Å². The van der Waals surface area contributed by atoms with Crippen molar-refractivity contribution in [2.45, 2.75) is 6.92 Å². The Hall–Kier alpha value is -0.730. The van der Waals surface area contributed by atoms with E-state index in [1.807, 2.05) is 12.4 Å². The van der Waals surface area contributed by atoms with Gasteiger partial charge in [-0.1, -0.05) is 18.7 Å². The highest BCUT2D eigenvalue weighted by molar-refractivity contribution is 8.13. The van der Waals surface area contributed by atoms with Crippen LogP contribution in [0.4, 0.5) is 0 Å². The third-order valence-electron chi connectivity index (χ3n) is 2.04. The summed E-state index contributed by atoms with van der Waals surface area (Å²) in [6.45, 7) is 5.40. The van der Waals surface area contributed by atoms with Gasteiger partial charge in [0.25, 0.3) is 0 Å². The van der Waals surface area contributed by atoms with Gasteiger partial charge in [-0.25, -0.2) is 0 Å². The average molecular weight is 213 g/mol. The number of hydrogen-bond acceptors (Lipinski definition) is 4. The van der Waals surface area contributed by atoms with Crippen molar-refractivity contribution in [3.8, 4) is 6.19 Å².